The lowest BCUT2D eigenvalue weighted by molar-refractivity contribution is -0.134. The molecule has 3 rings (SSSR count). The van der Waals surface area contributed by atoms with E-state index in [2.05, 4.69) is 12.2 Å². The molecule has 0 aromatic rings. The number of allylic oxidation sites excluding steroid dienone is 2. The van der Waals surface area contributed by atoms with Gasteiger partial charge in [0.2, 0.25) is 0 Å². The van der Waals surface area contributed by atoms with Crippen molar-refractivity contribution in [2.75, 3.05) is 13.7 Å². The smallest absolute Gasteiger partial charge is 0.264 e. The predicted octanol–water partition coefficient (Wildman–Crippen LogP) is 0.892. The average Bonchev–Trinajstić information content (AvgIpc) is 2.87. The van der Waals surface area contributed by atoms with Crippen LogP contribution in [-0.4, -0.2) is 24.5 Å². The van der Waals surface area contributed by atoms with Gasteiger partial charge >= 0.3 is 0 Å². The van der Waals surface area contributed by atoms with Crippen molar-refractivity contribution < 1.29 is 9.53 Å². The van der Waals surface area contributed by atoms with Gasteiger partial charge in [-0.05, 0) is 24.3 Å². The Balaban J connectivity index is 2.00. The maximum Gasteiger partial charge on any atom is 0.264 e. The minimum Gasteiger partial charge on any atom is -0.482 e. The van der Waals surface area contributed by atoms with Crippen LogP contribution in [0.3, 0.4) is 0 Å². The predicted molar refractivity (Wildman–Crippen MR) is 46.5 cm³/mol. The van der Waals surface area contributed by atoms with Gasteiger partial charge in [-0.3, -0.25) is 4.79 Å². The Hall–Kier alpha value is -1.25. The van der Waals surface area contributed by atoms with Crippen molar-refractivity contribution in [2.45, 2.75) is 6.42 Å². The third-order valence-electron chi connectivity index (χ3n) is 2.97. The summed E-state index contributed by atoms with van der Waals surface area (Å²) in [5.74, 6) is 2.29. The first-order valence-electron chi connectivity index (χ1n) is 4.59. The standard InChI is InChI=1S/C10H11NO2/c1-11-8-3-6-2-7(6)4-9(8)13-5-10(11)12/h3-4,6-7H,2,5H2,1H3. The number of hydrogen-bond donors (Lipinski definition) is 0. The van der Waals surface area contributed by atoms with Crippen molar-refractivity contribution in [3.05, 3.63) is 23.6 Å². The highest BCUT2D eigenvalue weighted by atomic mass is 16.5. The van der Waals surface area contributed by atoms with E-state index in [1.54, 1.807) is 4.90 Å². The van der Waals surface area contributed by atoms with Gasteiger partial charge in [-0.1, -0.05) is 6.08 Å². The molecule has 0 aromatic carbocycles. The van der Waals surface area contributed by atoms with Crippen molar-refractivity contribution in [2.24, 2.45) is 11.8 Å². The van der Waals surface area contributed by atoms with Crippen molar-refractivity contribution >= 4 is 5.91 Å². The Morgan fingerprint density at radius 2 is 2.23 bits per heavy atom. The van der Waals surface area contributed by atoms with E-state index in [0.29, 0.717) is 11.8 Å². The lowest BCUT2D eigenvalue weighted by atomic mass is 10.1. The van der Waals surface area contributed by atoms with E-state index in [0.717, 1.165) is 11.5 Å². The van der Waals surface area contributed by atoms with Crippen LogP contribution in [0.5, 0.6) is 0 Å². The number of hydrogen-bond acceptors (Lipinski definition) is 2. The number of rotatable bonds is 0. The number of carbonyl (C=O) groups is 1. The third-order valence-corrected chi connectivity index (χ3v) is 2.97. The third kappa shape index (κ3) is 0.930. The summed E-state index contributed by atoms with van der Waals surface area (Å²) in [6, 6.07) is 0. The van der Waals surface area contributed by atoms with Crippen LogP contribution in [0.4, 0.5) is 0 Å². The molecule has 68 valence electrons. The van der Waals surface area contributed by atoms with E-state index in [1.807, 2.05) is 7.05 Å². The maximum absolute atomic E-state index is 11.3. The van der Waals surface area contributed by atoms with Gasteiger partial charge in [0.25, 0.3) is 5.91 Å². The summed E-state index contributed by atoms with van der Waals surface area (Å²) in [5, 5.41) is 0. The van der Waals surface area contributed by atoms with Gasteiger partial charge in [-0.15, -0.1) is 0 Å². The topological polar surface area (TPSA) is 29.5 Å². The summed E-state index contributed by atoms with van der Waals surface area (Å²) in [5.41, 5.74) is 0.968. The van der Waals surface area contributed by atoms with Crippen LogP contribution in [0.15, 0.2) is 23.6 Å². The quantitative estimate of drug-likeness (QED) is 0.550. The normalized spacial score (nSPS) is 35.5. The highest BCUT2D eigenvalue weighted by Gasteiger charge is 2.41. The van der Waals surface area contributed by atoms with Crippen LogP contribution < -0.4 is 0 Å². The fraction of sp³-hybridized carbons (Fsp3) is 0.500. The zero-order valence-electron chi connectivity index (χ0n) is 7.49. The molecule has 2 aliphatic carbocycles. The first-order chi connectivity index (χ1) is 6.25. The van der Waals surface area contributed by atoms with Gasteiger partial charge < -0.3 is 9.64 Å². The fourth-order valence-corrected chi connectivity index (χ4v) is 1.95. The second-order valence-corrected chi connectivity index (χ2v) is 3.89. The number of likely N-dealkylation sites (N-methyl/N-ethyl adjacent to an activating group) is 1. The van der Waals surface area contributed by atoms with Crippen LogP contribution in [0, 0.1) is 11.8 Å². The first-order valence-corrected chi connectivity index (χ1v) is 4.59. The Labute approximate surface area is 76.7 Å². The van der Waals surface area contributed by atoms with E-state index in [-0.39, 0.29) is 12.5 Å². The zero-order chi connectivity index (χ0) is 9.00. The molecule has 0 radical (unpaired) electrons. The molecule has 13 heavy (non-hydrogen) atoms. The van der Waals surface area contributed by atoms with Crippen molar-refractivity contribution in [1.29, 1.82) is 0 Å². The number of fused-ring (bicyclic) bond motifs is 2. The summed E-state index contributed by atoms with van der Waals surface area (Å²) in [7, 11) is 1.81. The van der Waals surface area contributed by atoms with Crippen LogP contribution >= 0.6 is 0 Å². The van der Waals surface area contributed by atoms with E-state index in [9.17, 15) is 4.79 Å². The van der Waals surface area contributed by atoms with Crippen molar-refractivity contribution in [1.82, 2.24) is 4.90 Å². The molecule has 3 aliphatic rings. The Bertz CT molecular complexity index is 343. The Morgan fingerprint density at radius 1 is 1.46 bits per heavy atom. The molecule has 3 heteroatoms. The number of nitrogens with zero attached hydrogens (tertiary/aromatic N) is 1. The summed E-state index contributed by atoms with van der Waals surface area (Å²) in [6.45, 7) is 0.192. The maximum atomic E-state index is 11.3. The van der Waals surface area contributed by atoms with Gasteiger partial charge in [0.1, 0.15) is 5.76 Å². The zero-order valence-corrected chi connectivity index (χ0v) is 7.49. The molecule has 2 fully saturated rings. The lowest BCUT2D eigenvalue weighted by Crippen LogP contribution is -2.36. The SMILES string of the molecule is CN1C(=O)COC2=CC3CC3C=C21. The van der Waals surface area contributed by atoms with Crippen LogP contribution in [0.2, 0.25) is 0 Å². The van der Waals surface area contributed by atoms with Crippen LogP contribution in [-0.2, 0) is 9.53 Å². The number of morpholine rings is 1. The highest BCUT2D eigenvalue weighted by molar-refractivity contribution is 5.81. The highest BCUT2D eigenvalue weighted by Crippen LogP contribution is 2.47. The van der Waals surface area contributed by atoms with E-state index >= 15 is 0 Å². The summed E-state index contributed by atoms with van der Waals surface area (Å²) in [6.07, 6.45) is 5.54. The number of ether oxygens (including phenoxy) is 1. The van der Waals surface area contributed by atoms with E-state index in [1.165, 1.54) is 6.42 Å². The molecule has 1 saturated heterocycles. The average molecular weight is 177 g/mol. The molecule has 0 spiro atoms. The lowest BCUT2D eigenvalue weighted by Gasteiger charge is -2.29. The Morgan fingerprint density at radius 3 is 3.08 bits per heavy atom. The molecular weight excluding hydrogens is 166 g/mol. The van der Waals surface area contributed by atoms with E-state index in [4.69, 9.17) is 4.74 Å². The van der Waals surface area contributed by atoms with Gasteiger partial charge in [-0.25, -0.2) is 0 Å². The second kappa shape index (κ2) is 2.16. The van der Waals surface area contributed by atoms with Gasteiger partial charge in [0.05, 0.1) is 5.70 Å². The minimum atomic E-state index is 0.0440. The largest absolute Gasteiger partial charge is 0.482 e. The second-order valence-electron chi connectivity index (χ2n) is 3.89. The van der Waals surface area contributed by atoms with E-state index < -0.39 is 0 Å². The Kier molecular flexibility index (Phi) is 1.19. The summed E-state index contributed by atoms with van der Waals surface area (Å²) in [4.78, 5) is 13.0. The molecule has 0 bridgehead atoms. The van der Waals surface area contributed by atoms with Gasteiger partial charge in [0.15, 0.2) is 6.61 Å². The van der Waals surface area contributed by atoms with Crippen LogP contribution in [0.25, 0.3) is 0 Å². The summed E-state index contributed by atoms with van der Waals surface area (Å²) >= 11 is 0. The van der Waals surface area contributed by atoms with Crippen LogP contribution in [0.1, 0.15) is 6.42 Å². The van der Waals surface area contributed by atoms with Gasteiger partial charge in [-0.2, -0.15) is 0 Å². The first kappa shape index (κ1) is 7.18. The number of carbonyl (C=O) groups excluding carboxylic acids is 1. The molecule has 0 aromatic heterocycles. The molecular formula is C10H11NO2. The molecule has 2 atom stereocenters. The van der Waals surface area contributed by atoms with Crippen molar-refractivity contribution in [3.63, 3.8) is 0 Å². The molecule has 1 amide bonds. The molecule has 1 heterocycles. The molecule has 0 N–H and O–H groups in total. The summed E-state index contributed by atoms with van der Waals surface area (Å²) < 4.78 is 5.36. The fourth-order valence-electron chi connectivity index (χ4n) is 1.95. The number of amides is 1. The van der Waals surface area contributed by atoms with Crippen molar-refractivity contribution in [3.8, 4) is 0 Å². The molecule has 1 aliphatic heterocycles. The minimum absolute atomic E-state index is 0.0440. The molecule has 1 saturated carbocycles. The monoisotopic (exact) mass is 177 g/mol. The van der Waals surface area contributed by atoms with Gasteiger partial charge in [0, 0.05) is 7.05 Å². The molecule has 2 unspecified atom stereocenters. The molecule has 3 nitrogen and oxygen atoms in total.